The van der Waals surface area contributed by atoms with E-state index in [1.807, 2.05) is 6.07 Å². The van der Waals surface area contributed by atoms with E-state index in [-0.39, 0.29) is 12.3 Å². The molecular weight excluding hydrogens is 298 g/mol. The van der Waals surface area contributed by atoms with Crippen LogP contribution in [0.2, 0.25) is 0 Å². The number of hydrogen-bond donors (Lipinski definition) is 2. The molecule has 0 aliphatic rings. The fraction of sp³-hybridized carbons (Fsp3) is 0.0625. The maximum absolute atomic E-state index is 11.9. The van der Waals surface area contributed by atoms with Gasteiger partial charge in [-0.2, -0.15) is 5.10 Å². The molecule has 0 unspecified atom stereocenters. The Hall–Kier alpha value is -3.35. The zero-order valence-corrected chi connectivity index (χ0v) is 12.0. The summed E-state index contributed by atoms with van der Waals surface area (Å²) >= 11 is 0. The highest BCUT2D eigenvalue weighted by molar-refractivity contribution is 5.95. The minimum Gasteiger partial charge on any atom is -0.472 e. The van der Waals surface area contributed by atoms with E-state index < -0.39 is 11.9 Å². The molecule has 0 saturated heterocycles. The number of carbonyl (C=O) groups excluding carboxylic acids is 2. The summed E-state index contributed by atoms with van der Waals surface area (Å²) in [6.45, 7) is -0.381. The number of aromatic nitrogens is 2. The zero-order valence-electron chi connectivity index (χ0n) is 12.0. The van der Waals surface area contributed by atoms with Gasteiger partial charge >= 0.3 is 5.97 Å². The van der Waals surface area contributed by atoms with Gasteiger partial charge in [-0.1, -0.05) is 18.2 Å². The van der Waals surface area contributed by atoms with Gasteiger partial charge in [0.1, 0.15) is 5.69 Å². The molecule has 0 saturated carbocycles. The molecule has 7 heteroatoms. The third kappa shape index (κ3) is 3.65. The van der Waals surface area contributed by atoms with Gasteiger partial charge in [0.15, 0.2) is 6.61 Å². The van der Waals surface area contributed by atoms with Gasteiger partial charge in [-0.3, -0.25) is 9.89 Å². The van der Waals surface area contributed by atoms with Crippen molar-refractivity contribution in [3.63, 3.8) is 0 Å². The number of esters is 1. The van der Waals surface area contributed by atoms with Crippen molar-refractivity contribution < 1.29 is 18.7 Å². The van der Waals surface area contributed by atoms with Crippen molar-refractivity contribution in [3.8, 4) is 11.3 Å². The number of aromatic amines is 1. The van der Waals surface area contributed by atoms with Gasteiger partial charge < -0.3 is 14.5 Å². The van der Waals surface area contributed by atoms with Gasteiger partial charge in [-0.05, 0) is 24.3 Å². The predicted molar refractivity (Wildman–Crippen MR) is 81.6 cm³/mol. The summed E-state index contributed by atoms with van der Waals surface area (Å²) in [4.78, 5) is 23.6. The highest BCUT2D eigenvalue weighted by atomic mass is 16.5. The van der Waals surface area contributed by atoms with Crippen molar-refractivity contribution in [3.05, 3.63) is 60.7 Å². The molecule has 1 amide bonds. The van der Waals surface area contributed by atoms with Crippen LogP contribution in [0.15, 0.2) is 59.4 Å². The van der Waals surface area contributed by atoms with Gasteiger partial charge in [0.2, 0.25) is 0 Å². The van der Waals surface area contributed by atoms with Crippen molar-refractivity contribution in [1.29, 1.82) is 0 Å². The molecule has 2 heterocycles. The summed E-state index contributed by atoms with van der Waals surface area (Å²) in [6, 6.07) is 12.2. The van der Waals surface area contributed by atoms with Crippen LogP contribution in [-0.2, 0) is 9.53 Å². The average molecular weight is 311 g/mol. The predicted octanol–water partition coefficient (Wildman–Crippen LogP) is 2.47. The summed E-state index contributed by atoms with van der Waals surface area (Å²) in [7, 11) is 0. The zero-order chi connectivity index (χ0) is 16.1. The van der Waals surface area contributed by atoms with E-state index in [1.54, 1.807) is 30.3 Å². The maximum atomic E-state index is 11.9. The van der Waals surface area contributed by atoms with E-state index in [2.05, 4.69) is 15.5 Å². The number of ether oxygens (including phenoxy) is 1. The van der Waals surface area contributed by atoms with E-state index >= 15 is 0 Å². The van der Waals surface area contributed by atoms with Crippen LogP contribution in [0.3, 0.4) is 0 Å². The lowest BCUT2D eigenvalue weighted by Gasteiger charge is -2.05. The van der Waals surface area contributed by atoms with Gasteiger partial charge in [-0.25, -0.2) is 4.79 Å². The Kier molecular flexibility index (Phi) is 4.19. The summed E-state index contributed by atoms with van der Waals surface area (Å²) in [5, 5.41) is 9.18. The molecule has 23 heavy (non-hydrogen) atoms. The Morgan fingerprint density at radius 1 is 1.22 bits per heavy atom. The number of H-pyrrole nitrogens is 1. The highest BCUT2D eigenvalue weighted by Crippen LogP contribution is 2.18. The Balaban J connectivity index is 1.54. The number of furan rings is 1. The number of para-hydroxylation sites is 1. The number of nitrogens with zero attached hydrogens (tertiary/aromatic N) is 1. The summed E-state index contributed by atoms with van der Waals surface area (Å²) in [6.07, 6.45) is 3.02. The first-order chi connectivity index (χ1) is 11.2. The molecule has 2 N–H and O–H groups in total. The van der Waals surface area contributed by atoms with Crippen LogP contribution in [-0.4, -0.2) is 28.7 Å². The van der Waals surface area contributed by atoms with Crippen LogP contribution in [0.4, 0.5) is 5.69 Å². The molecule has 1 aromatic carbocycles. The molecule has 0 aliphatic carbocycles. The molecule has 0 bridgehead atoms. The Labute approximate surface area is 131 Å². The molecule has 3 rings (SSSR count). The quantitative estimate of drug-likeness (QED) is 0.705. The number of nitrogens with one attached hydrogen (secondary N) is 2. The van der Waals surface area contributed by atoms with Gasteiger partial charge in [0, 0.05) is 11.3 Å². The van der Waals surface area contributed by atoms with Crippen molar-refractivity contribution in [2.24, 2.45) is 0 Å². The normalized spacial score (nSPS) is 10.3. The molecule has 0 fully saturated rings. The van der Waals surface area contributed by atoms with Crippen molar-refractivity contribution in [2.45, 2.75) is 0 Å². The molecule has 2 aromatic heterocycles. The molecule has 116 valence electrons. The van der Waals surface area contributed by atoms with Crippen LogP contribution >= 0.6 is 0 Å². The second kappa shape index (κ2) is 6.61. The molecule has 0 aliphatic heterocycles. The second-order valence-electron chi connectivity index (χ2n) is 4.67. The molecule has 7 nitrogen and oxygen atoms in total. The number of carbonyl (C=O) groups is 2. The van der Waals surface area contributed by atoms with Crippen LogP contribution in [0, 0.1) is 0 Å². The van der Waals surface area contributed by atoms with E-state index in [1.165, 1.54) is 18.6 Å². The minimum atomic E-state index is -0.657. The second-order valence-corrected chi connectivity index (χ2v) is 4.67. The topological polar surface area (TPSA) is 97.2 Å². The van der Waals surface area contributed by atoms with E-state index in [4.69, 9.17) is 9.15 Å². The lowest BCUT2D eigenvalue weighted by molar-refractivity contribution is -0.119. The number of anilines is 1. The van der Waals surface area contributed by atoms with E-state index in [0.29, 0.717) is 11.4 Å². The standard InChI is InChI=1S/C16H13N3O4/c20-15(17-12-4-2-1-3-5-12)10-23-16(21)14-8-13(18-19-14)11-6-7-22-9-11/h1-9H,10H2,(H,17,20)(H,18,19). The highest BCUT2D eigenvalue weighted by Gasteiger charge is 2.14. The summed E-state index contributed by atoms with van der Waals surface area (Å²) < 4.78 is 9.90. The first-order valence-corrected chi connectivity index (χ1v) is 6.82. The number of rotatable bonds is 5. The SMILES string of the molecule is O=C(COC(=O)c1cc(-c2ccoc2)n[nH]1)Nc1ccccc1. The van der Waals surface area contributed by atoms with Crippen LogP contribution < -0.4 is 5.32 Å². The smallest absolute Gasteiger partial charge is 0.356 e. The Morgan fingerprint density at radius 2 is 2.04 bits per heavy atom. The maximum Gasteiger partial charge on any atom is 0.356 e. The lowest BCUT2D eigenvalue weighted by Crippen LogP contribution is -2.21. The lowest BCUT2D eigenvalue weighted by atomic mass is 10.2. The van der Waals surface area contributed by atoms with Gasteiger partial charge in [-0.15, -0.1) is 0 Å². The van der Waals surface area contributed by atoms with Gasteiger partial charge in [0.05, 0.1) is 18.2 Å². The average Bonchev–Trinajstić information content (AvgIpc) is 3.24. The Morgan fingerprint density at radius 3 is 2.78 bits per heavy atom. The Bertz CT molecular complexity index is 794. The molecule has 0 atom stereocenters. The monoisotopic (exact) mass is 311 g/mol. The van der Waals surface area contributed by atoms with E-state index in [0.717, 1.165) is 5.56 Å². The number of benzene rings is 1. The first kappa shape index (κ1) is 14.6. The van der Waals surface area contributed by atoms with Crippen molar-refractivity contribution in [2.75, 3.05) is 11.9 Å². The fourth-order valence-corrected chi connectivity index (χ4v) is 1.91. The first-order valence-electron chi connectivity index (χ1n) is 6.82. The van der Waals surface area contributed by atoms with Crippen LogP contribution in [0.1, 0.15) is 10.5 Å². The van der Waals surface area contributed by atoms with Crippen molar-refractivity contribution in [1.82, 2.24) is 10.2 Å². The van der Waals surface area contributed by atoms with E-state index in [9.17, 15) is 9.59 Å². The van der Waals surface area contributed by atoms with Crippen molar-refractivity contribution >= 4 is 17.6 Å². The molecular formula is C16H13N3O4. The third-order valence-electron chi connectivity index (χ3n) is 3.01. The number of amides is 1. The number of hydrogen-bond acceptors (Lipinski definition) is 5. The van der Waals surface area contributed by atoms with Crippen LogP contribution in [0.5, 0.6) is 0 Å². The summed E-state index contributed by atoms with van der Waals surface area (Å²) in [5.41, 5.74) is 2.09. The van der Waals surface area contributed by atoms with Crippen LogP contribution in [0.25, 0.3) is 11.3 Å². The molecule has 0 spiro atoms. The minimum absolute atomic E-state index is 0.161. The van der Waals surface area contributed by atoms with Gasteiger partial charge in [0.25, 0.3) is 5.91 Å². The molecule has 0 radical (unpaired) electrons. The molecule has 3 aromatic rings. The summed E-state index contributed by atoms with van der Waals surface area (Å²) in [5.74, 6) is -1.07. The largest absolute Gasteiger partial charge is 0.472 e. The fourth-order valence-electron chi connectivity index (χ4n) is 1.91. The third-order valence-corrected chi connectivity index (χ3v) is 3.01.